The van der Waals surface area contributed by atoms with E-state index in [1.54, 1.807) is 0 Å². The quantitative estimate of drug-likeness (QED) is 0.467. The summed E-state index contributed by atoms with van der Waals surface area (Å²) in [5.41, 5.74) is 0. The van der Waals surface area contributed by atoms with E-state index in [1.807, 2.05) is 0 Å². The Labute approximate surface area is 180 Å². The monoisotopic (exact) mass is 418 g/mol. The molecular formula is C23H38N4O3. The third kappa shape index (κ3) is 3.56. The summed E-state index contributed by atoms with van der Waals surface area (Å²) in [6.07, 6.45) is 12.1. The third-order valence-corrected chi connectivity index (χ3v) is 8.27. The number of nitrogens with zero attached hydrogens (tertiary/aromatic N) is 1. The van der Waals surface area contributed by atoms with Gasteiger partial charge in [-0.15, -0.1) is 0 Å². The first-order valence-electron chi connectivity index (χ1n) is 12.5. The fraction of sp³-hybridized carbons (Fsp3) is 0.913. The first-order chi connectivity index (χ1) is 14.7. The standard InChI is InChI=1S/C23H38N4O3/c1-2-3-8-13-30-23(29)18-19-21(25-16-11-6-5-10-15(16)24-19)27-17-12-7-4-9-14(17)22(28)26-20(18)27/h14-21,24-25H,2-13H2,1H3,(H,26,28). The highest BCUT2D eigenvalue weighted by molar-refractivity contribution is 5.83. The summed E-state index contributed by atoms with van der Waals surface area (Å²) in [6, 6.07) is 1.10. The van der Waals surface area contributed by atoms with Crippen LogP contribution < -0.4 is 16.0 Å². The van der Waals surface area contributed by atoms with Gasteiger partial charge in [0.1, 0.15) is 5.92 Å². The predicted molar refractivity (Wildman–Crippen MR) is 113 cm³/mol. The zero-order valence-corrected chi connectivity index (χ0v) is 18.3. The normalized spacial score (nSPS) is 43.0. The minimum Gasteiger partial charge on any atom is -0.465 e. The molecule has 2 aliphatic carbocycles. The summed E-state index contributed by atoms with van der Waals surface area (Å²) < 4.78 is 5.75. The van der Waals surface area contributed by atoms with Gasteiger partial charge in [-0.3, -0.25) is 19.8 Å². The summed E-state index contributed by atoms with van der Waals surface area (Å²) in [7, 11) is 0. The van der Waals surface area contributed by atoms with Gasteiger partial charge in [0.05, 0.1) is 30.9 Å². The molecule has 0 spiro atoms. The Morgan fingerprint density at radius 1 is 1.00 bits per heavy atom. The van der Waals surface area contributed by atoms with Gasteiger partial charge in [0.25, 0.3) is 0 Å². The fourth-order valence-corrected chi connectivity index (χ4v) is 6.82. The van der Waals surface area contributed by atoms with Crippen molar-refractivity contribution in [3.8, 4) is 0 Å². The summed E-state index contributed by atoms with van der Waals surface area (Å²) in [5, 5.41) is 11.0. The average molecular weight is 419 g/mol. The van der Waals surface area contributed by atoms with Crippen LogP contribution in [0.5, 0.6) is 0 Å². The Morgan fingerprint density at radius 2 is 1.73 bits per heavy atom. The molecule has 0 bridgehead atoms. The van der Waals surface area contributed by atoms with Gasteiger partial charge in [-0.2, -0.15) is 0 Å². The van der Waals surface area contributed by atoms with Crippen molar-refractivity contribution in [3.05, 3.63) is 0 Å². The van der Waals surface area contributed by atoms with Crippen LogP contribution in [0.2, 0.25) is 0 Å². The highest BCUT2D eigenvalue weighted by atomic mass is 16.5. The van der Waals surface area contributed by atoms with Gasteiger partial charge >= 0.3 is 5.97 Å². The number of amides is 1. The molecule has 168 valence electrons. The van der Waals surface area contributed by atoms with Crippen LogP contribution in [-0.4, -0.2) is 59.9 Å². The number of esters is 1. The summed E-state index contributed by atoms with van der Waals surface area (Å²) in [6.45, 7) is 2.63. The molecular weight excluding hydrogens is 380 g/mol. The van der Waals surface area contributed by atoms with Crippen molar-refractivity contribution in [2.75, 3.05) is 6.61 Å². The van der Waals surface area contributed by atoms with Gasteiger partial charge in [-0.1, -0.05) is 45.4 Å². The minimum absolute atomic E-state index is 0.00555. The minimum atomic E-state index is -0.348. The van der Waals surface area contributed by atoms with Crippen molar-refractivity contribution in [2.24, 2.45) is 11.8 Å². The van der Waals surface area contributed by atoms with Gasteiger partial charge in [-0.25, -0.2) is 0 Å². The van der Waals surface area contributed by atoms with E-state index in [4.69, 9.17) is 4.74 Å². The molecule has 0 radical (unpaired) electrons. The summed E-state index contributed by atoms with van der Waals surface area (Å²) in [5.74, 6) is -0.299. The first kappa shape index (κ1) is 20.7. The molecule has 5 rings (SSSR count). The van der Waals surface area contributed by atoms with Crippen molar-refractivity contribution in [2.45, 2.75) is 114 Å². The molecule has 0 aromatic rings. The lowest BCUT2D eigenvalue weighted by Gasteiger charge is -2.50. The highest BCUT2D eigenvalue weighted by Crippen LogP contribution is 2.43. The largest absolute Gasteiger partial charge is 0.465 e. The number of unbranched alkanes of at least 4 members (excludes halogenated alkanes) is 2. The second-order valence-electron chi connectivity index (χ2n) is 10.1. The van der Waals surface area contributed by atoms with E-state index in [0.29, 0.717) is 18.7 Å². The van der Waals surface area contributed by atoms with E-state index < -0.39 is 0 Å². The Morgan fingerprint density at radius 3 is 2.53 bits per heavy atom. The van der Waals surface area contributed by atoms with Crippen molar-refractivity contribution in [1.29, 1.82) is 0 Å². The number of fused-ring (bicyclic) bond motifs is 6. The van der Waals surface area contributed by atoms with Crippen LogP contribution in [0, 0.1) is 11.8 Å². The molecule has 7 nitrogen and oxygen atoms in total. The first-order valence-corrected chi connectivity index (χ1v) is 12.5. The maximum absolute atomic E-state index is 13.3. The van der Waals surface area contributed by atoms with Crippen molar-refractivity contribution in [3.63, 3.8) is 0 Å². The molecule has 3 aliphatic heterocycles. The van der Waals surface area contributed by atoms with E-state index in [0.717, 1.165) is 44.9 Å². The van der Waals surface area contributed by atoms with Crippen LogP contribution in [0.25, 0.3) is 0 Å². The maximum Gasteiger partial charge on any atom is 0.314 e. The van der Waals surface area contributed by atoms with Crippen molar-refractivity contribution in [1.82, 2.24) is 20.9 Å². The van der Waals surface area contributed by atoms with Crippen LogP contribution >= 0.6 is 0 Å². The van der Waals surface area contributed by atoms with Gasteiger partial charge < -0.3 is 15.4 Å². The highest BCUT2D eigenvalue weighted by Gasteiger charge is 2.61. The van der Waals surface area contributed by atoms with Crippen LogP contribution in [0.1, 0.15) is 77.6 Å². The zero-order chi connectivity index (χ0) is 20.7. The molecule has 2 saturated carbocycles. The molecule has 5 fully saturated rings. The Hall–Kier alpha value is -1.18. The SMILES string of the molecule is CCCCCOC(=O)C1C2NC3CCCCC3NC2N2C3CCCCC3C(=O)NC12. The number of rotatable bonds is 5. The molecule has 30 heavy (non-hydrogen) atoms. The van der Waals surface area contributed by atoms with Crippen molar-refractivity contribution >= 4 is 11.9 Å². The van der Waals surface area contributed by atoms with E-state index in [2.05, 4.69) is 27.8 Å². The second kappa shape index (κ2) is 8.75. The number of ether oxygens (including phenoxy) is 1. The Bertz CT molecular complexity index is 658. The smallest absolute Gasteiger partial charge is 0.314 e. The average Bonchev–Trinajstić information content (AvgIpc) is 3.08. The third-order valence-electron chi connectivity index (χ3n) is 8.27. The topological polar surface area (TPSA) is 82.7 Å². The lowest BCUT2D eigenvalue weighted by atomic mass is 9.81. The van der Waals surface area contributed by atoms with Crippen LogP contribution in [0.15, 0.2) is 0 Å². The van der Waals surface area contributed by atoms with Gasteiger partial charge in [0.15, 0.2) is 0 Å². The number of nitrogens with one attached hydrogen (secondary N) is 3. The molecule has 3 N–H and O–H groups in total. The number of carbonyl (C=O) groups excluding carboxylic acids is 2. The molecule has 3 heterocycles. The summed E-state index contributed by atoms with van der Waals surface area (Å²) >= 11 is 0. The van der Waals surface area contributed by atoms with Crippen LogP contribution in [-0.2, 0) is 14.3 Å². The molecule has 7 heteroatoms. The number of hydrogen-bond donors (Lipinski definition) is 3. The molecule has 1 amide bonds. The second-order valence-corrected chi connectivity index (χ2v) is 10.1. The van der Waals surface area contributed by atoms with E-state index in [-0.39, 0.29) is 48.1 Å². The molecule has 3 saturated heterocycles. The molecule has 8 atom stereocenters. The predicted octanol–water partition coefficient (Wildman–Crippen LogP) is 1.87. The molecule has 0 aromatic carbocycles. The number of piperazine rings is 1. The molecule has 8 unspecified atom stereocenters. The van der Waals surface area contributed by atoms with E-state index in [1.165, 1.54) is 25.7 Å². The van der Waals surface area contributed by atoms with Gasteiger partial charge in [0, 0.05) is 18.1 Å². The lowest BCUT2D eigenvalue weighted by Crippen LogP contribution is -2.71. The Balaban J connectivity index is 1.41. The molecule has 0 aromatic heterocycles. The van der Waals surface area contributed by atoms with Gasteiger partial charge in [-0.05, 0) is 32.1 Å². The lowest BCUT2D eigenvalue weighted by molar-refractivity contribution is -0.153. The summed E-state index contributed by atoms with van der Waals surface area (Å²) in [4.78, 5) is 28.7. The maximum atomic E-state index is 13.3. The van der Waals surface area contributed by atoms with Crippen LogP contribution in [0.4, 0.5) is 0 Å². The van der Waals surface area contributed by atoms with Gasteiger partial charge in [0.2, 0.25) is 5.91 Å². The number of hydrogen-bond acceptors (Lipinski definition) is 6. The zero-order valence-electron chi connectivity index (χ0n) is 18.3. The molecule has 5 aliphatic rings. The van der Waals surface area contributed by atoms with Crippen molar-refractivity contribution < 1.29 is 14.3 Å². The van der Waals surface area contributed by atoms with Crippen LogP contribution in [0.3, 0.4) is 0 Å². The fourth-order valence-electron chi connectivity index (χ4n) is 6.82. The number of carbonyl (C=O) groups is 2. The van der Waals surface area contributed by atoms with E-state index >= 15 is 0 Å². The van der Waals surface area contributed by atoms with E-state index in [9.17, 15) is 9.59 Å². The Kier molecular flexibility index (Phi) is 6.04.